The maximum absolute atomic E-state index is 10.5. The number of ether oxygens (including phenoxy) is 1. The van der Waals surface area contributed by atoms with E-state index in [9.17, 15) is 5.11 Å². The molecule has 1 aromatic rings. The second-order valence-corrected chi connectivity index (χ2v) is 8.21. The Hall–Kier alpha value is -1.92. The monoisotopic (exact) mass is 386 g/mol. The molecule has 1 aliphatic heterocycles. The van der Waals surface area contributed by atoms with Crippen LogP contribution >= 0.6 is 0 Å². The Balaban J connectivity index is 1.76. The molecule has 3 N–H and O–H groups in total. The van der Waals surface area contributed by atoms with Gasteiger partial charge in [0.1, 0.15) is 11.6 Å². The molecule has 2 atom stereocenters. The first kappa shape index (κ1) is 20.8. The number of hydrogen-bond acceptors (Lipinski definition) is 6. The largest absolute Gasteiger partial charge is 0.507 e. The van der Waals surface area contributed by atoms with Crippen molar-refractivity contribution in [1.29, 1.82) is 5.41 Å². The first-order chi connectivity index (χ1) is 13.5. The summed E-state index contributed by atoms with van der Waals surface area (Å²) in [5.41, 5.74) is 1.98. The molecule has 3 rings (SSSR count). The molecule has 2 unspecified atom stereocenters. The molecule has 1 saturated carbocycles. The Morgan fingerprint density at radius 3 is 2.75 bits per heavy atom. The van der Waals surface area contributed by atoms with Crippen LogP contribution in [0.15, 0.2) is 18.3 Å². The third kappa shape index (κ3) is 5.11. The zero-order valence-corrected chi connectivity index (χ0v) is 17.4. The van der Waals surface area contributed by atoms with Gasteiger partial charge in [0.15, 0.2) is 0 Å². The van der Waals surface area contributed by atoms with E-state index < -0.39 is 0 Å². The van der Waals surface area contributed by atoms with Crippen LogP contribution in [-0.4, -0.2) is 54.2 Å². The molecule has 1 aliphatic carbocycles. The van der Waals surface area contributed by atoms with Gasteiger partial charge in [-0.3, -0.25) is 0 Å². The lowest BCUT2D eigenvalue weighted by molar-refractivity contribution is 0.0533. The number of nitrogens with zero attached hydrogens (tertiary/aromatic N) is 2. The van der Waals surface area contributed by atoms with Crippen LogP contribution in [0.25, 0.3) is 5.76 Å². The average Bonchev–Trinajstić information content (AvgIpc) is 2.68. The predicted molar refractivity (Wildman–Crippen MR) is 114 cm³/mol. The van der Waals surface area contributed by atoms with Crippen molar-refractivity contribution in [3.63, 3.8) is 0 Å². The lowest BCUT2D eigenvalue weighted by Crippen LogP contribution is -2.56. The second kappa shape index (κ2) is 9.52. The number of aliphatic hydroxyl groups excluding tert-OH is 1. The zero-order chi connectivity index (χ0) is 20.1. The van der Waals surface area contributed by atoms with Crippen LogP contribution < -0.4 is 10.2 Å². The smallest absolute Gasteiger partial charge is 0.139 e. The molecule has 1 saturated heterocycles. The molecule has 6 nitrogen and oxygen atoms in total. The fourth-order valence-electron chi connectivity index (χ4n) is 4.40. The molecule has 28 heavy (non-hydrogen) atoms. The summed E-state index contributed by atoms with van der Waals surface area (Å²) in [5.74, 6) is 0.855. The van der Waals surface area contributed by atoms with Gasteiger partial charge in [0.25, 0.3) is 0 Å². The summed E-state index contributed by atoms with van der Waals surface area (Å²) in [5, 5.41) is 22.0. The highest BCUT2D eigenvalue weighted by Gasteiger charge is 2.32. The standard InChI is InChI=1S/C22H34N4O2/c1-15-11-18(20(27)12-16(2)23)22(24-13-15)26-10-9-19(21(14-26)28-3)25-17-7-5-4-6-8-17/h11-13,17,19,21,23,25,27H,4-10,14H2,1-3H3/b20-12-,23-16?. The highest BCUT2D eigenvalue weighted by Crippen LogP contribution is 2.29. The summed E-state index contributed by atoms with van der Waals surface area (Å²) < 4.78 is 5.84. The number of piperidine rings is 1. The van der Waals surface area contributed by atoms with E-state index in [4.69, 9.17) is 10.1 Å². The van der Waals surface area contributed by atoms with Crippen LogP contribution in [0, 0.1) is 12.3 Å². The quantitative estimate of drug-likeness (QED) is 0.511. The van der Waals surface area contributed by atoms with Gasteiger partial charge in [-0.2, -0.15) is 0 Å². The van der Waals surface area contributed by atoms with Crippen LogP contribution in [0.1, 0.15) is 56.6 Å². The number of pyridine rings is 1. The third-order valence-electron chi connectivity index (χ3n) is 5.85. The zero-order valence-electron chi connectivity index (χ0n) is 17.4. The first-order valence-corrected chi connectivity index (χ1v) is 10.4. The summed E-state index contributed by atoms with van der Waals surface area (Å²) in [7, 11) is 1.78. The topological polar surface area (TPSA) is 81.5 Å². The summed E-state index contributed by atoms with van der Waals surface area (Å²) >= 11 is 0. The SMILES string of the molecule is COC1CN(c2ncc(C)cc2/C(O)=C/C(C)=N)CCC1NC1CCCCC1. The first-order valence-electron chi connectivity index (χ1n) is 10.4. The lowest BCUT2D eigenvalue weighted by Gasteiger charge is -2.41. The summed E-state index contributed by atoms with van der Waals surface area (Å²) in [6, 6.07) is 2.90. The van der Waals surface area contributed by atoms with Crippen molar-refractivity contribution in [2.45, 2.75) is 70.6 Å². The summed E-state index contributed by atoms with van der Waals surface area (Å²) in [6.45, 7) is 5.22. The van der Waals surface area contributed by atoms with Crippen molar-refractivity contribution in [1.82, 2.24) is 10.3 Å². The molecule has 0 radical (unpaired) electrons. The van der Waals surface area contributed by atoms with Gasteiger partial charge in [-0.1, -0.05) is 19.3 Å². The van der Waals surface area contributed by atoms with Gasteiger partial charge in [0, 0.05) is 50.3 Å². The molecule has 2 aliphatic rings. The number of anilines is 1. The minimum Gasteiger partial charge on any atom is -0.507 e. The van der Waals surface area contributed by atoms with Gasteiger partial charge in [-0.05, 0) is 44.7 Å². The van der Waals surface area contributed by atoms with Crippen LogP contribution in [0.2, 0.25) is 0 Å². The number of nitrogens with one attached hydrogen (secondary N) is 2. The molecule has 2 heterocycles. The van der Waals surface area contributed by atoms with Crippen molar-refractivity contribution >= 4 is 17.3 Å². The fourth-order valence-corrected chi connectivity index (χ4v) is 4.40. The van der Waals surface area contributed by atoms with E-state index in [2.05, 4.69) is 15.2 Å². The summed E-state index contributed by atoms with van der Waals surface area (Å²) in [4.78, 5) is 6.82. The van der Waals surface area contributed by atoms with Gasteiger partial charge in [0.05, 0.1) is 11.7 Å². The van der Waals surface area contributed by atoms with Gasteiger partial charge in [-0.25, -0.2) is 4.98 Å². The maximum Gasteiger partial charge on any atom is 0.139 e. The van der Waals surface area contributed by atoms with Gasteiger partial charge in [-0.15, -0.1) is 0 Å². The minimum absolute atomic E-state index is 0.0854. The lowest BCUT2D eigenvalue weighted by atomic mass is 9.92. The number of rotatable bonds is 6. The predicted octanol–water partition coefficient (Wildman–Crippen LogP) is 3.84. The average molecular weight is 387 g/mol. The Morgan fingerprint density at radius 1 is 1.32 bits per heavy atom. The third-order valence-corrected chi connectivity index (χ3v) is 5.85. The van der Waals surface area contributed by atoms with E-state index in [-0.39, 0.29) is 11.9 Å². The normalized spacial score (nSPS) is 24.4. The van der Waals surface area contributed by atoms with Crippen molar-refractivity contribution < 1.29 is 9.84 Å². The van der Waals surface area contributed by atoms with Crippen molar-refractivity contribution in [2.24, 2.45) is 0 Å². The van der Waals surface area contributed by atoms with Crippen LogP contribution in [0.5, 0.6) is 0 Å². The molecule has 0 amide bonds. The second-order valence-electron chi connectivity index (χ2n) is 8.21. The van der Waals surface area contributed by atoms with Crippen molar-refractivity contribution in [2.75, 3.05) is 25.1 Å². The molecule has 0 spiro atoms. The molecular weight excluding hydrogens is 352 g/mol. The maximum atomic E-state index is 10.5. The van der Waals surface area contributed by atoms with E-state index in [0.717, 1.165) is 30.9 Å². The number of aliphatic hydroxyl groups is 1. The van der Waals surface area contributed by atoms with Crippen molar-refractivity contribution in [3.8, 4) is 0 Å². The number of aryl methyl sites for hydroxylation is 1. The summed E-state index contributed by atoms with van der Waals surface area (Å²) in [6.07, 6.45) is 10.9. The van der Waals surface area contributed by atoms with E-state index >= 15 is 0 Å². The number of allylic oxidation sites excluding steroid dienone is 1. The Kier molecular flexibility index (Phi) is 7.08. The van der Waals surface area contributed by atoms with Gasteiger partial charge < -0.3 is 25.5 Å². The van der Waals surface area contributed by atoms with Crippen LogP contribution in [0.4, 0.5) is 5.82 Å². The number of aromatic nitrogens is 1. The van der Waals surface area contributed by atoms with Crippen molar-refractivity contribution in [3.05, 3.63) is 29.5 Å². The fraction of sp³-hybridized carbons (Fsp3) is 0.636. The van der Waals surface area contributed by atoms with E-state index in [1.807, 2.05) is 19.2 Å². The molecular formula is C22H34N4O2. The molecule has 154 valence electrons. The van der Waals surface area contributed by atoms with E-state index in [1.54, 1.807) is 14.0 Å². The number of methoxy groups -OCH3 is 1. The highest BCUT2D eigenvalue weighted by molar-refractivity contribution is 5.96. The number of hydrogen-bond donors (Lipinski definition) is 3. The molecule has 0 aromatic carbocycles. The van der Waals surface area contributed by atoms with Gasteiger partial charge in [0.2, 0.25) is 0 Å². The molecule has 2 fully saturated rings. The van der Waals surface area contributed by atoms with E-state index in [0.29, 0.717) is 23.4 Å². The Morgan fingerprint density at radius 2 is 2.07 bits per heavy atom. The molecule has 0 bridgehead atoms. The Labute approximate surface area is 168 Å². The van der Waals surface area contributed by atoms with E-state index in [1.165, 1.54) is 38.2 Å². The Bertz CT molecular complexity index is 712. The molecule has 6 heteroatoms. The minimum atomic E-state index is 0.0854. The molecule has 1 aromatic heterocycles. The van der Waals surface area contributed by atoms with Crippen LogP contribution in [-0.2, 0) is 4.74 Å². The van der Waals surface area contributed by atoms with Gasteiger partial charge >= 0.3 is 0 Å². The highest BCUT2D eigenvalue weighted by atomic mass is 16.5. The van der Waals surface area contributed by atoms with Crippen LogP contribution in [0.3, 0.4) is 0 Å².